The lowest BCUT2D eigenvalue weighted by Gasteiger charge is -2.36. The van der Waals surface area contributed by atoms with Gasteiger partial charge in [0.25, 0.3) is 0 Å². The molecular formula is C38H39N3O6. The van der Waals surface area contributed by atoms with E-state index in [1.165, 1.54) is 6.07 Å². The summed E-state index contributed by atoms with van der Waals surface area (Å²) in [5.41, 5.74) is 6.52. The lowest BCUT2D eigenvalue weighted by atomic mass is 9.89. The molecule has 47 heavy (non-hydrogen) atoms. The molecule has 9 heteroatoms. The zero-order valence-electron chi connectivity index (χ0n) is 27.2. The minimum Gasteiger partial charge on any atom is -0.489 e. The van der Waals surface area contributed by atoms with Crippen LogP contribution in [0.2, 0.25) is 0 Å². The first kappa shape index (κ1) is 31.8. The van der Waals surface area contributed by atoms with Crippen LogP contribution in [0.4, 0.5) is 4.79 Å². The number of carboxylic acid groups (broad SMARTS) is 1. The highest BCUT2D eigenvalue weighted by Gasteiger charge is 2.33. The Morgan fingerprint density at radius 1 is 1.00 bits per heavy atom. The molecule has 1 amide bonds. The first-order valence-electron chi connectivity index (χ1n) is 15.9. The smallest absolute Gasteiger partial charge is 0.410 e. The molecule has 1 atom stereocenters. The number of carboxylic acids is 1. The van der Waals surface area contributed by atoms with Crippen molar-refractivity contribution in [3.05, 3.63) is 113 Å². The average molecular weight is 634 g/mol. The zero-order chi connectivity index (χ0) is 33.1. The Hall–Kier alpha value is -5.18. The SMILES string of the molecule is Cc1ccc2oc(-c3ccc(COc4ccccc4CCN(C(=O)OC(C)(C)C)C4CCCc5nc(C(=O)O)ccc54)cc3)nc2c1. The number of para-hydroxylation sites is 1. The number of ether oxygens (including phenoxy) is 2. The van der Waals surface area contributed by atoms with Crippen LogP contribution in [-0.4, -0.2) is 44.2 Å². The molecule has 0 radical (unpaired) electrons. The van der Waals surface area contributed by atoms with E-state index < -0.39 is 17.7 Å². The van der Waals surface area contributed by atoms with Crippen molar-refractivity contribution in [1.82, 2.24) is 14.9 Å². The molecule has 0 saturated heterocycles. The standard InChI is InChI=1S/C38H39N3O6/c1-24-12-19-34-31(22-24)40-35(46-34)27-15-13-25(14-16-27)23-45-33-11-6-5-8-26(33)20-21-41(37(44)47-38(2,3)4)32-10-7-9-29-28(32)17-18-30(39-29)36(42)43/h5-6,8,11-19,22,32H,7,9-10,20-21,23H2,1-4H3,(H,42,43). The molecule has 9 nitrogen and oxygen atoms in total. The van der Waals surface area contributed by atoms with Crippen molar-refractivity contribution in [1.29, 1.82) is 0 Å². The number of carbonyl (C=O) groups excluding carboxylic acids is 1. The molecule has 3 aromatic carbocycles. The van der Waals surface area contributed by atoms with Gasteiger partial charge in [0.2, 0.25) is 5.89 Å². The van der Waals surface area contributed by atoms with E-state index in [0.717, 1.165) is 63.2 Å². The topological polar surface area (TPSA) is 115 Å². The van der Waals surface area contributed by atoms with Crippen LogP contribution in [0.1, 0.15) is 78.1 Å². The number of amides is 1. The minimum atomic E-state index is -1.07. The van der Waals surface area contributed by atoms with Gasteiger partial charge in [-0.2, -0.15) is 0 Å². The fourth-order valence-corrected chi connectivity index (χ4v) is 5.93. The van der Waals surface area contributed by atoms with E-state index in [4.69, 9.17) is 13.9 Å². The Kier molecular flexibility index (Phi) is 8.98. The van der Waals surface area contributed by atoms with Gasteiger partial charge in [-0.1, -0.05) is 42.5 Å². The number of carbonyl (C=O) groups is 2. The third-order valence-electron chi connectivity index (χ3n) is 8.22. The highest BCUT2D eigenvalue weighted by Crippen LogP contribution is 2.35. The van der Waals surface area contributed by atoms with Crippen LogP contribution in [0.3, 0.4) is 0 Å². The maximum Gasteiger partial charge on any atom is 0.410 e. The van der Waals surface area contributed by atoms with Crippen molar-refractivity contribution in [2.75, 3.05) is 6.54 Å². The highest BCUT2D eigenvalue weighted by atomic mass is 16.6. The summed E-state index contributed by atoms with van der Waals surface area (Å²) in [4.78, 5) is 35.9. The van der Waals surface area contributed by atoms with E-state index in [0.29, 0.717) is 31.9 Å². The predicted octanol–water partition coefficient (Wildman–Crippen LogP) is 8.33. The minimum absolute atomic E-state index is 0.00945. The number of aromatic nitrogens is 2. The van der Waals surface area contributed by atoms with Crippen LogP contribution in [-0.2, 0) is 24.2 Å². The van der Waals surface area contributed by atoms with Gasteiger partial charge in [0.1, 0.15) is 29.2 Å². The molecule has 5 aromatic rings. The van der Waals surface area contributed by atoms with E-state index in [1.54, 1.807) is 11.0 Å². The Bertz CT molecular complexity index is 1910. The molecule has 2 aromatic heterocycles. The van der Waals surface area contributed by atoms with Crippen molar-refractivity contribution in [2.24, 2.45) is 0 Å². The maximum absolute atomic E-state index is 13.6. The van der Waals surface area contributed by atoms with Gasteiger partial charge in [0, 0.05) is 17.8 Å². The molecule has 0 bridgehead atoms. The Morgan fingerprint density at radius 3 is 2.55 bits per heavy atom. The summed E-state index contributed by atoms with van der Waals surface area (Å²) in [5.74, 6) is 0.258. The van der Waals surface area contributed by atoms with Gasteiger partial charge in [-0.3, -0.25) is 0 Å². The summed E-state index contributed by atoms with van der Waals surface area (Å²) in [6.07, 6.45) is 2.32. The molecule has 1 N–H and O–H groups in total. The molecule has 242 valence electrons. The lowest BCUT2D eigenvalue weighted by molar-refractivity contribution is 0.0140. The van der Waals surface area contributed by atoms with Crippen LogP contribution >= 0.6 is 0 Å². The molecule has 1 aliphatic carbocycles. The quantitative estimate of drug-likeness (QED) is 0.172. The van der Waals surface area contributed by atoms with E-state index in [2.05, 4.69) is 9.97 Å². The Morgan fingerprint density at radius 2 is 1.79 bits per heavy atom. The second-order valence-corrected chi connectivity index (χ2v) is 13.0. The predicted molar refractivity (Wildman–Crippen MR) is 178 cm³/mol. The first-order valence-corrected chi connectivity index (χ1v) is 15.9. The molecule has 0 saturated carbocycles. The van der Waals surface area contributed by atoms with Gasteiger partial charge in [-0.05, 0) is 112 Å². The molecule has 1 unspecified atom stereocenters. The van der Waals surface area contributed by atoms with E-state index in [-0.39, 0.29) is 11.7 Å². The van der Waals surface area contributed by atoms with Gasteiger partial charge < -0.3 is 23.9 Å². The number of hydrogen-bond acceptors (Lipinski definition) is 7. The van der Waals surface area contributed by atoms with E-state index in [1.807, 2.05) is 94.4 Å². The fourth-order valence-electron chi connectivity index (χ4n) is 5.93. The highest BCUT2D eigenvalue weighted by molar-refractivity contribution is 5.85. The fraction of sp³-hybridized carbons (Fsp3) is 0.316. The summed E-state index contributed by atoms with van der Waals surface area (Å²) in [5, 5.41) is 9.46. The summed E-state index contributed by atoms with van der Waals surface area (Å²) >= 11 is 0. The first-order chi connectivity index (χ1) is 22.5. The van der Waals surface area contributed by atoms with Crippen molar-refractivity contribution >= 4 is 23.2 Å². The number of benzene rings is 3. The summed E-state index contributed by atoms with van der Waals surface area (Å²) in [6, 6.07) is 24.8. The molecule has 6 rings (SSSR count). The van der Waals surface area contributed by atoms with Gasteiger partial charge in [0.15, 0.2) is 5.58 Å². The molecule has 0 aliphatic heterocycles. The van der Waals surface area contributed by atoms with Crippen LogP contribution in [0.5, 0.6) is 5.75 Å². The number of aromatic carboxylic acids is 1. The van der Waals surface area contributed by atoms with Crippen LogP contribution < -0.4 is 4.74 Å². The summed E-state index contributed by atoms with van der Waals surface area (Å²) in [7, 11) is 0. The third kappa shape index (κ3) is 7.46. The second kappa shape index (κ2) is 13.3. The van der Waals surface area contributed by atoms with Crippen LogP contribution in [0.25, 0.3) is 22.6 Å². The molecule has 0 spiro atoms. The molecule has 1 aliphatic rings. The largest absolute Gasteiger partial charge is 0.489 e. The van der Waals surface area contributed by atoms with Crippen LogP contribution in [0, 0.1) is 6.92 Å². The van der Waals surface area contributed by atoms with Gasteiger partial charge in [-0.25, -0.2) is 19.6 Å². The number of pyridine rings is 1. The number of hydrogen-bond donors (Lipinski definition) is 1. The number of fused-ring (bicyclic) bond motifs is 2. The van der Waals surface area contributed by atoms with E-state index >= 15 is 0 Å². The van der Waals surface area contributed by atoms with Crippen LogP contribution in [0.15, 0.2) is 83.3 Å². The number of aryl methyl sites for hydroxylation is 2. The molecule has 2 heterocycles. The Balaban J connectivity index is 1.17. The second-order valence-electron chi connectivity index (χ2n) is 13.0. The third-order valence-corrected chi connectivity index (χ3v) is 8.22. The molecular weight excluding hydrogens is 594 g/mol. The van der Waals surface area contributed by atoms with E-state index in [9.17, 15) is 14.7 Å². The summed E-state index contributed by atoms with van der Waals surface area (Å²) < 4.78 is 18.1. The van der Waals surface area contributed by atoms with Crippen molar-refractivity contribution in [2.45, 2.75) is 71.6 Å². The monoisotopic (exact) mass is 633 g/mol. The Labute approximate surface area is 274 Å². The number of nitrogens with zero attached hydrogens (tertiary/aromatic N) is 3. The van der Waals surface area contributed by atoms with Gasteiger partial charge in [0.05, 0.1) is 6.04 Å². The van der Waals surface area contributed by atoms with Crippen molar-refractivity contribution in [3.8, 4) is 17.2 Å². The zero-order valence-corrected chi connectivity index (χ0v) is 27.2. The molecule has 0 fully saturated rings. The van der Waals surface area contributed by atoms with Crippen molar-refractivity contribution < 1.29 is 28.6 Å². The van der Waals surface area contributed by atoms with Gasteiger partial charge in [-0.15, -0.1) is 0 Å². The van der Waals surface area contributed by atoms with Gasteiger partial charge >= 0.3 is 12.1 Å². The van der Waals surface area contributed by atoms with Crippen molar-refractivity contribution in [3.63, 3.8) is 0 Å². The average Bonchev–Trinajstić information content (AvgIpc) is 3.47. The lowest BCUT2D eigenvalue weighted by Crippen LogP contribution is -2.41. The number of oxazole rings is 1. The number of rotatable bonds is 9. The normalized spacial score (nSPS) is 14.4. The maximum atomic E-state index is 13.6. The summed E-state index contributed by atoms with van der Waals surface area (Å²) in [6.45, 7) is 8.34.